The van der Waals surface area contributed by atoms with Gasteiger partial charge < -0.3 is 0 Å². The Morgan fingerprint density at radius 1 is 0.571 bits per heavy atom. The van der Waals surface area contributed by atoms with Gasteiger partial charge in [0.2, 0.25) is 0 Å². The lowest BCUT2D eigenvalue weighted by atomic mass is 9.71. The van der Waals surface area contributed by atoms with Crippen LogP contribution in [0, 0.1) is 5.41 Å². The highest BCUT2D eigenvalue weighted by Gasteiger charge is 2.56. The van der Waals surface area contributed by atoms with Crippen LogP contribution in [0.3, 0.4) is 0 Å². The minimum absolute atomic E-state index is 0.336. The third-order valence-corrected chi connectivity index (χ3v) is 7.54. The van der Waals surface area contributed by atoms with Crippen molar-refractivity contribution in [3.63, 3.8) is 0 Å². The van der Waals surface area contributed by atoms with E-state index in [0.29, 0.717) is 19.0 Å². The molecule has 2 heteroatoms. The minimum atomic E-state index is 0.336. The van der Waals surface area contributed by atoms with Crippen molar-refractivity contribution in [3.8, 4) is 0 Å². The molecule has 0 atom stereocenters. The summed E-state index contributed by atoms with van der Waals surface area (Å²) in [5, 5.41) is 0. The molecule has 0 amide bonds. The monoisotopic (exact) mass is 232 g/mol. The van der Waals surface area contributed by atoms with Gasteiger partial charge in [-0.15, -0.1) is 23.5 Å². The van der Waals surface area contributed by atoms with Gasteiger partial charge in [-0.05, 0) is 19.3 Å². The molecule has 1 rings (SSSR count). The average Bonchev–Trinajstić information content (AvgIpc) is 1.77. The van der Waals surface area contributed by atoms with E-state index in [1.165, 1.54) is 0 Å². The fraction of sp³-hybridized carbons (Fsp3) is 1.00. The Hall–Kier alpha value is 0.700. The van der Waals surface area contributed by atoms with Crippen LogP contribution < -0.4 is 0 Å². The second-order valence-corrected chi connectivity index (χ2v) is 11.0. The third kappa shape index (κ3) is 1.84. The molecule has 0 aromatic rings. The molecule has 0 spiro atoms. The van der Waals surface area contributed by atoms with Gasteiger partial charge in [0.1, 0.15) is 0 Å². The maximum absolute atomic E-state index is 2.41. The molecule has 1 aliphatic rings. The largest absolute Gasteiger partial charge is 0.138 e. The summed E-state index contributed by atoms with van der Waals surface area (Å²) in [6.07, 6.45) is 0. The zero-order valence-electron chi connectivity index (χ0n) is 10.8. The zero-order chi connectivity index (χ0) is 11.4. The summed E-state index contributed by atoms with van der Waals surface area (Å²) < 4.78 is 1.01. The number of hydrogen-bond acceptors (Lipinski definition) is 2. The van der Waals surface area contributed by atoms with Gasteiger partial charge in [0, 0.05) is 9.49 Å². The van der Waals surface area contributed by atoms with Crippen LogP contribution in [0.15, 0.2) is 0 Å². The summed E-state index contributed by atoms with van der Waals surface area (Å²) in [6, 6.07) is 0. The quantitative estimate of drug-likeness (QED) is 0.589. The summed E-state index contributed by atoms with van der Waals surface area (Å²) >= 11 is 4.24. The van der Waals surface area contributed by atoms with E-state index in [-0.39, 0.29) is 0 Å². The predicted octanol–water partition coefficient (Wildman–Crippen LogP) is 4.79. The van der Waals surface area contributed by atoms with Crippen LogP contribution in [0.25, 0.3) is 0 Å². The van der Waals surface area contributed by atoms with Gasteiger partial charge in [-0.1, -0.05) is 41.5 Å². The molecular weight excluding hydrogens is 208 g/mol. The molecule has 1 heterocycles. The van der Waals surface area contributed by atoms with Gasteiger partial charge in [-0.25, -0.2) is 0 Å². The standard InChI is InChI=1S/C12H24S2/c1-9(2)10(3,4)13-12(7,8)14-11(9,5)6/h1-8H3. The van der Waals surface area contributed by atoms with Crippen LogP contribution in [0.1, 0.15) is 55.4 Å². The lowest BCUT2D eigenvalue weighted by Gasteiger charge is -2.59. The highest BCUT2D eigenvalue weighted by Crippen LogP contribution is 2.66. The molecule has 84 valence electrons. The van der Waals surface area contributed by atoms with E-state index in [2.05, 4.69) is 78.9 Å². The summed E-state index contributed by atoms with van der Waals surface area (Å²) in [7, 11) is 0. The average molecular weight is 232 g/mol. The molecule has 14 heavy (non-hydrogen) atoms. The van der Waals surface area contributed by atoms with E-state index in [4.69, 9.17) is 0 Å². The summed E-state index contributed by atoms with van der Waals surface area (Å²) in [6.45, 7) is 19.1. The normalized spacial score (nSPS) is 32.6. The molecule has 1 fully saturated rings. The fourth-order valence-corrected chi connectivity index (χ4v) is 7.19. The minimum Gasteiger partial charge on any atom is -0.138 e. The van der Waals surface area contributed by atoms with E-state index in [1.807, 2.05) is 0 Å². The first kappa shape index (κ1) is 12.8. The maximum Gasteiger partial charge on any atom is 0.0566 e. The highest BCUT2D eigenvalue weighted by atomic mass is 32.2. The molecule has 0 unspecified atom stereocenters. The van der Waals surface area contributed by atoms with Gasteiger partial charge in [0.25, 0.3) is 0 Å². The molecule has 0 nitrogen and oxygen atoms in total. The van der Waals surface area contributed by atoms with Crippen LogP contribution in [-0.4, -0.2) is 13.6 Å². The van der Waals surface area contributed by atoms with Crippen LogP contribution in [0.5, 0.6) is 0 Å². The SMILES string of the molecule is CC1(C)SC(C)(C)C(C)(C)C(C)(C)S1. The van der Waals surface area contributed by atoms with Crippen LogP contribution in [-0.2, 0) is 0 Å². The summed E-state index contributed by atoms with van der Waals surface area (Å²) in [4.78, 5) is 0. The van der Waals surface area contributed by atoms with E-state index in [9.17, 15) is 0 Å². The lowest BCUT2D eigenvalue weighted by Crippen LogP contribution is -2.55. The number of thioether (sulfide) groups is 2. The number of rotatable bonds is 0. The molecule has 0 saturated carbocycles. The van der Waals surface area contributed by atoms with E-state index < -0.39 is 0 Å². The van der Waals surface area contributed by atoms with Crippen LogP contribution in [0.4, 0.5) is 0 Å². The molecule has 1 aliphatic heterocycles. The van der Waals surface area contributed by atoms with Gasteiger partial charge in [-0.3, -0.25) is 0 Å². The van der Waals surface area contributed by atoms with Crippen LogP contribution >= 0.6 is 23.5 Å². The van der Waals surface area contributed by atoms with Crippen LogP contribution in [0.2, 0.25) is 0 Å². The summed E-state index contributed by atoms with van der Waals surface area (Å²) in [5.41, 5.74) is 0.352. The first-order chi connectivity index (χ1) is 5.91. The third-order valence-electron chi connectivity index (χ3n) is 4.01. The second kappa shape index (κ2) is 3.10. The Bertz CT molecular complexity index is 215. The van der Waals surface area contributed by atoms with Crippen molar-refractivity contribution < 1.29 is 0 Å². The Kier molecular flexibility index (Phi) is 2.83. The second-order valence-electron chi connectivity index (χ2n) is 6.25. The van der Waals surface area contributed by atoms with Crippen molar-refractivity contribution >= 4 is 23.5 Å². The molecule has 0 aliphatic carbocycles. The van der Waals surface area contributed by atoms with E-state index in [1.54, 1.807) is 0 Å². The zero-order valence-corrected chi connectivity index (χ0v) is 12.4. The molecule has 0 radical (unpaired) electrons. The predicted molar refractivity (Wildman–Crippen MR) is 71.2 cm³/mol. The summed E-state index contributed by atoms with van der Waals surface area (Å²) in [5.74, 6) is 0. The van der Waals surface area contributed by atoms with Crippen molar-refractivity contribution in [2.24, 2.45) is 5.41 Å². The van der Waals surface area contributed by atoms with Gasteiger partial charge in [0.15, 0.2) is 0 Å². The Morgan fingerprint density at radius 3 is 1.14 bits per heavy atom. The molecule has 0 bridgehead atoms. The first-order valence-corrected chi connectivity index (χ1v) is 6.95. The fourth-order valence-electron chi connectivity index (χ4n) is 2.23. The first-order valence-electron chi connectivity index (χ1n) is 5.32. The Labute approximate surface area is 98.0 Å². The van der Waals surface area contributed by atoms with Gasteiger partial charge in [0.05, 0.1) is 4.08 Å². The smallest absolute Gasteiger partial charge is 0.0566 e. The van der Waals surface area contributed by atoms with Crippen molar-refractivity contribution in [2.75, 3.05) is 0 Å². The highest BCUT2D eigenvalue weighted by molar-refractivity contribution is 8.20. The Balaban J connectivity index is 3.13. The topological polar surface area (TPSA) is 0 Å². The van der Waals surface area contributed by atoms with E-state index in [0.717, 1.165) is 0 Å². The number of hydrogen-bond donors (Lipinski definition) is 0. The molecular formula is C12H24S2. The van der Waals surface area contributed by atoms with Crippen molar-refractivity contribution in [3.05, 3.63) is 0 Å². The lowest BCUT2D eigenvalue weighted by molar-refractivity contribution is 0.213. The maximum atomic E-state index is 2.41. The molecule has 0 aromatic heterocycles. The Morgan fingerprint density at radius 2 is 0.857 bits per heavy atom. The van der Waals surface area contributed by atoms with E-state index >= 15 is 0 Å². The van der Waals surface area contributed by atoms with Gasteiger partial charge in [-0.2, -0.15) is 0 Å². The molecule has 0 N–H and O–H groups in total. The van der Waals surface area contributed by atoms with Crippen molar-refractivity contribution in [1.29, 1.82) is 0 Å². The molecule has 0 aromatic carbocycles. The van der Waals surface area contributed by atoms with Crippen molar-refractivity contribution in [1.82, 2.24) is 0 Å². The van der Waals surface area contributed by atoms with Gasteiger partial charge >= 0.3 is 0 Å². The molecule has 1 saturated heterocycles. The van der Waals surface area contributed by atoms with Crippen molar-refractivity contribution in [2.45, 2.75) is 69.0 Å².